The van der Waals surface area contributed by atoms with Crippen LogP contribution in [-0.4, -0.2) is 60.4 Å². The fraction of sp³-hybridized carbons (Fsp3) is 0.444. The highest BCUT2D eigenvalue weighted by atomic mass is 16.7. The third-order valence-electron chi connectivity index (χ3n) is 8.61. The van der Waals surface area contributed by atoms with E-state index >= 15 is 0 Å². The molecule has 0 aromatic heterocycles. The Labute approximate surface area is 270 Å². The molecule has 46 heavy (non-hydrogen) atoms. The monoisotopic (exact) mass is 632 g/mol. The summed E-state index contributed by atoms with van der Waals surface area (Å²) in [5.74, 6) is 0.539. The number of benzene rings is 3. The second-order valence-electron chi connectivity index (χ2n) is 11.9. The van der Waals surface area contributed by atoms with Crippen LogP contribution in [0.1, 0.15) is 78.7 Å². The van der Waals surface area contributed by atoms with Crippen LogP contribution in [0.15, 0.2) is 60.7 Å². The fourth-order valence-electron chi connectivity index (χ4n) is 6.14. The van der Waals surface area contributed by atoms with Crippen molar-refractivity contribution in [3.63, 3.8) is 0 Å². The predicted molar refractivity (Wildman–Crippen MR) is 173 cm³/mol. The van der Waals surface area contributed by atoms with Crippen molar-refractivity contribution in [3.05, 3.63) is 88.5 Å². The molecule has 10 heteroatoms. The average Bonchev–Trinajstić information content (AvgIpc) is 3.07. The maximum Gasteiger partial charge on any atom is 0.303 e. The number of amides is 1. The van der Waals surface area contributed by atoms with Gasteiger partial charge in [-0.15, -0.1) is 0 Å². The number of fused-ring (bicyclic) bond motifs is 1. The number of nitrogens with one attached hydrogen (secondary N) is 1. The number of aliphatic carboxylic acids is 1. The summed E-state index contributed by atoms with van der Waals surface area (Å²) in [5, 5.41) is 21.3. The number of carboxylic acids is 1. The first-order valence-corrected chi connectivity index (χ1v) is 15.9. The number of methoxy groups -OCH3 is 2. The number of ether oxygens (including phenoxy) is 4. The van der Waals surface area contributed by atoms with E-state index in [1.54, 1.807) is 14.2 Å². The van der Waals surface area contributed by atoms with Gasteiger partial charge in [0, 0.05) is 50.1 Å². The molecule has 2 heterocycles. The van der Waals surface area contributed by atoms with Crippen molar-refractivity contribution in [2.45, 2.75) is 76.6 Å². The molecule has 0 unspecified atom stereocenters. The molecule has 2 aliphatic heterocycles. The fourth-order valence-corrected chi connectivity index (χ4v) is 6.14. The van der Waals surface area contributed by atoms with Crippen molar-refractivity contribution < 1.29 is 38.7 Å². The zero-order valence-corrected chi connectivity index (χ0v) is 26.6. The van der Waals surface area contributed by atoms with Crippen molar-refractivity contribution in [2.24, 2.45) is 0 Å². The second kappa shape index (κ2) is 16.0. The number of unbranched alkanes of at least 4 members (excludes halogenated alkanes) is 2. The molecule has 3 aromatic carbocycles. The van der Waals surface area contributed by atoms with Gasteiger partial charge < -0.3 is 34.5 Å². The van der Waals surface area contributed by atoms with Crippen LogP contribution in [0.5, 0.6) is 11.5 Å². The number of aliphatic hydroxyl groups excluding tert-OH is 1. The Morgan fingerprint density at radius 1 is 0.913 bits per heavy atom. The Hall–Kier alpha value is -3.96. The summed E-state index contributed by atoms with van der Waals surface area (Å²) < 4.78 is 24.2. The number of nitrogens with zero attached hydrogens (tertiary/aromatic N) is 1. The first kappa shape index (κ1) is 33.4. The number of hydrogen-bond donors (Lipinski definition) is 3. The van der Waals surface area contributed by atoms with Gasteiger partial charge in [0.15, 0.2) is 17.8 Å². The Morgan fingerprint density at radius 2 is 1.65 bits per heavy atom. The van der Waals surface area contributed by atoms with Crippen LogP contribution in [-0.2, 0) is 38.6 Å². The maximum absolute atomic E-state index is 12.6. The molecule has 0 spiro atoms. The SMILES string of the molecule is COc1cc2c(cc1OC)CN(C[C@H]1C[C@@H](c3ccc(CO)cc3)O[C@@H](c3cccc(NC(=O)CCCCCC(=O)O)c3)O1)CC2. The average molecular weight is 633 g/mol. The highest BCUT2D eigenvalue weighted by Crippen LogP contribution is 2.39. The van der Waals surface area contributed by atoms with Gasteiger partial charge in [0.2, 0.25) is 5.91 Å². The lowest BCUT2D eigenvalue weighted by atomic mass is 9.97. The van der Waals surface area contributed by atoms with E-state index in [9.17, 15) is 14.7 Å². The number of carboxylic acid groups (broad SMARTS) is 1. The number of hydrogen-bond acceptors (Lipinski definition) is 8. The largest absolute Gasteiger partial charge is 0.493 e. The molecular weight excluding hydrogens is 588 g/mol. The van der Waals surface area contributed by atoms with E-state index in [1.165, 1.54) is 11.1 Å². The van der Waals surface area contributed by atoms with Crippen molar-refractivity contribution in [1.82, 2.24) is 4.90 Å². The van der Waals surface area contributed by atoms with Crippen LogP contribution in [0.4, 0.5) is 5.69 Å². The van der Waals surface area contributed by atoms with Gasteiger partial charge in [-0.1, -0.05) is 42.8 Å². The molecule has 1 saturated heterocycles. The molecule has 3 N–H and O–H groups in total. The first-order chi connectivity index (χ1) is 22.3. The Bertz CT molecular complexity index is 1480. The summed E-state index contributed by atoms with van der Waals surface area (Å²) in [5.41, 5.74) is 5.80. The summed E-state index contributed by atoms with van der Waals surface area (Å²) in [4.78, 5) is 25.7. The molecule has 10 nitrogen and oxygen atoms in total. The Kier molecular flexibility index (Phi) is 11.7. The quantitative estimate of drug-likeness (QED) is 0.190. The van der Waals surface area contributed by atoms with Crippen LogP contribution in [0, 0.1) is 0 Å². The van der Waals surface area contributed by atoms with Crippen LogP contribution in [0.25, 0.3) is 0 Å². The van der Waals surface area contributed by atoms with E-state index in [0.717, 1.165) is 54.2 Å². The predicted octanol–water partition coefficient (Wildman–Crippen LogP) is 5.77. The molecule has 0 radical (unpaired) electrons. The lowest BCUT2D eigenvalue weighted by Crippen LogP contribution is -2.41. The van der Waals surface area contributed by atoms with Gasteiger partial charge in [-0.3, -0.25) is 14.5 Å². The summed E-state index contributed by atoms with van der Waals surface area (Å²) in [6.45, 7) is 2.36. The van der Waals surface area contributed by atoms with E-state index < -0.39 is 12.3 Å². The van der Waals surface area contributed by atoms with Gasteiger partial charge in [-0.25, -0.2) is 0 Å². The van der Waals surface area contributed by atoms with E-state index in [4.69, 9.17) is 24.1 Å². The summed E-state index contributed by atoms with van der Waals surface area (Å²) in [6, 6.07) is 19.5. The molecule has 246 valence electrons. The van der Waals surface area contributed by atoms with Crippen LogP contribution >= 0.6 is 0 Å². The van der Waals surface area contributed by atoms with E-state index in [0.29, 0.717) is 37.8 Å². The lowest BCUT2D eigenvalue weighted by molar-refractivity contribution is -0.253. The van der Waals surface area contributed by atoms with Crippen molar-refractivity contribution >= 4 is 17.6 Å². The molecule has 3 aromatic rings. The van der Waals surface area contributed by atoms with Crippen molar-refractivity contribution in [3.8, 4) is 11.5 Å². The molecule has 1 fully saturated rings. The molecule has 0 aliphatic carbocycles. The van der Waals surface area contributed by atoms with E-state index in [-0.39, 0.29) is 31.1 Å². The number of carbonyl (C=O) groups is 2. The smallest absolute Gasteiger partial charge is 0.303 e. The summed E-state index contributed by atoms with van der Waals surface area (Å²) >= 11 is 0. The van der Waals surface area contributed by atoms with Gasteiger partial charge in [0.05, 0.1) is 33.0 Å². The first-order valence-electron chi connectivity index (χ1n) is 15.9. The van der Waals surface area contributed by atoms with Crippen molar-refractivity contribution in [2.75, 3.05) is 32.6 Å². The highest BCUT2D eigenvalue weighted by Gasteiger charge is 2.34. The van der Waals surface area contributed by atoms with Gasteiger partial charge in [-0.05, 0) is 65.8 Å². The lowest BCUT2D eigenvalue weighted by Gasteiger charge is -2.39. The van der Waals surface area contributed by atoms with Crippen LogP contribution in [0.3, 0.4) is 0 Å². The third-order valence-corrected chi connectivity index (χ3v) is 8.61. The minimum absolute atomic E-state index is 0.0197. The number of carbonyl (C=O) groups excluding carboxylic acids is 1. The number of aliphatic hydroxyl groups is 1. The highest BCUT2D eigenvalue weighted by molar-refractivity contribution is 5.90. The van der Waals surface area contributed by atoms with Gasteiger partial charge in [0.1, 0.15) is 0 Å². The molecule has 3 atom stereocenters. The van der Waals surface area contributed by atoms with Gasteiger partial charge >= 0.3 is 5.97 Å². The van der Waals surface area contributed by atoms with Crippen LogP contribution < -0.4 is 14.8 Å². The van der Waals surface area contributed by atoms with Crippen molar-refractivity contribution in [1.29, 1.82) is 0 Å². The third kappa shape index (κ3) is 8.85. The zero-order valence-electron chi connectivity index (χ0n) is 26.6. The molecule has 1 amide bonds. The Balaban J connectivity index is 1.28. The zero-order chi connectivity index (χ0) is 32.5. The van der Waals surface area contributed by atoms with Gasteiger partial charge in [0.25, 0.3) is 0 Å². The van der Waals surface area contributed by atoms with E-state index in [1.807, 2.05) is 48.5 Å². The van der Waals surface area contributed by atoms with Gasteiger partial charge in [-0.2, -0.15) is 0 Å². The topological polar surface area (TPSA) is 127 Å². The number of rotatable bonds is 14. The Morgan fingerprint density at radius 3 is 2.37 bits per heavy atom. The molecule has 2 aliphatic rings. The maximum atomic E-state index is 12.6. The standard InChI is InChI=1S/C36H44N2O8/c1-43-32-18-26-15-16-38(21-28(26)19-33(32)44-2)22-30-20-31(25-13-11-24(23-39)12-14-25)46-36(45-30)27-7-6-8-29(17-27)37-34(40)9-4-3-5-10-35(41)42/h6-8,11-14,17-19,30-31,36,39H,3-5,9-10,15-16,20-23H2,1-2H3,(H,37,40)(H,41,42)/t30-,31+,36+/m1/s1. The number of anilines is 1. The normalized spacial score (nSPS) is 19.7. The van der Waals surface area contributed by atoms with E-state index in [2.05, 4.69) is 22.3 Å². The minimum atomic E-state index is -0.817. The van der Waals surface area contributed by atoms with Crippen LogP contribution in [0.2, 0.25) is 0 Å². The summed E-state index contributed by atoms with van der Waals surface area (Å²) in [7, 11) is 3.31. The summed E-state index contributed by atoms with van der Waals surface area (Å²) in [6.07, 6.45) is 2.91. The molecular formula is C36H44N2O8. The second-order valence-corrected chi connectivity index (χ2v) is 11.9. The minimum Gasteiger partial charge on any atom is -0.493 e. The molecule has 5 rings (SSSR count). The molecule has 0 saturated carbocycles. The molecule has 0 bridgehead atoms.